The maximum atomic E-state index is 7.33. The molecule has 0 bridgehead atoms. The largest absolute Gasteiger partial charge is 0.490 e. The zero-order valence-electron chi connectivity index (χ0n) is 12.2. The smallest absolute Gasteiger partial charge is 0.173 e. The van der Waals surface area contributed by atoms with Gasteiger partial charge in [-0.3, -0.25) is 10.1 Å². The zero-order valence-corrected chi connectivity index (χ0v) is 13.0. The number of halogens is 1. The first-order valence-corrected chi connectivity index (χ1v) is 7.07. The number of aromatic nitrogens is 4. The van der Waals surface area contributed by atoms with Crippen molar-refractivity contribution in [2.24, 2.45) is 0 Å². The Bertz CT molecular complexity index is 656. The van der Waals surface area contributed by atoms with Crippen molar-refractivity contribution in [2.75, 3.05) is 6.61 Å². The fraction of sp³-hybridized carbons (Fsp3) is 0.357. The summed E-state index contributed by atoms with van der Waals surface area (Å²) in [5.41, 5.74) is 1.78. The highest BCUT2D eigenvalue weighted by atomic mass is 35.5. The van der Waals surface area contributed by atoms with Crippen molar-refractivity contribution in [1.29, 1.82) is 5.41 Å². The highest BCUT2D eigenvalue weighted by Gasteiger charge is 2.11. The van der Waals surface area contributed by atoms with Crippen molar-refractivity contribution in [1.82, 2.24) is 19.7 Å². The van der Waals surface area contributed by atoms with E-state index in [2.05, 4.69) is 28.9 Å². The Morgan fingerprint density at radius 1 is 1.52 bits per heavy atom. The average molecular weight is 308 g/mol. The molecule has 2 heterocycles. The Labute approximate surface area is 128 Å². The Kier molecular flexibility index (Phi) is 4.80. The van der Waals surface area contributed by atoms with Gasteiger partial charge in [-0.25, -0.2) is 4.98 Å². The summed E-state index contributed by atoms with van der Waals surface area (Å²) in [4.78, 5) is 7.44. The minimum Gasteiger partial charge on any atom is -0.490 e. The molecule has 2 aromatic heterocycles. The molecule has 0 saturated carbocycles. The molecule has 112 valence electrons. The molecule has 6 nitrogen and oxygen atoms in total. The Morgan fingerprint density at radius 3 is 2.86 bits per heavy atom. The molecule has 0 aliphatic carbocycles. The van der Waals surface area contributed by atoms with E-state index in [9.17, 15) is 0 Å². The van der Waals surface area contributed by atoms with E-state index in [1.807, 2.05) is 17.8 Å². The van der Waals surface area contributed by atoms with Gasteiger partial charge in [-0.15, -0.1) is 0 Å². The highest BCUT2D eigenvalue weighted by molar-refractivity contribution is 6.67. The molecule has 0 radical (unpaired) electrons. The molecule has 0 atom stereocenters. The van der Waals surface area contributed by atoms with Gasteiger partial charge in [0.1, 0.15) is 5.17 Å². The highest BCUT2D eigenvalue weighted by Crippen LogP contribution is 2.21. The molecule has 2 rings (SSSR count). The second-order valence-corrected chi connectivity index (χ2v) is 5.14. The first kappa shape index (κ1) is 15.3. The fourth-order valence-corrected chi connectivity index (χ4v) is 1.90. The van der Waals surface area contributed by atoms with Crippen molar-refractivity contribution in [2.45, 2.75) is 26.8 Å². The van der Waals surface area contributed by atoms with Crippen LogP contribution in [0.3, 0.4) is 0 Å². The summed E-state index contributed by atoms with van der Waals surface area (Å²) in [5.74, 6) is 0.981. The lowest BCUT2D eigenvalue weighted by molar-refractivity contribution is 0.296. The molecule has 0 aliphatic rings. The van der Waals surface area contributed by atoms with E-state index in [-0.39, 0.29) is 5.17 Å². The first-order valence-electron chi connectivity index (χ1n) is 6.69. The molecule has 7 heteroatoms. The van der Waals surface area contributed by atoms with Crippen LogP contribution in [0.2, 0.25) is 0 Å². The maximum absolute atomic E-state index is 7.33. The van der Waals surface area contributed by atoms with E-state index < -0.39 is 0 Å². The van der Waals surface area contributed by atoms with Gasteiger partial charge >= 0.3 is 0 Å². The van der Waals surface area contributed by atoms with Gasteiger partial charge < -0.3 is 9.72 Å². The third kappa shape index (κ3) is 3.72. The average Bonchev–Trinajstić information content (AvgIpc) is 3.06. The van der Waals surface area contributed by atoms with Crippen LogP contribution in [0.4, 0.5) is 0 Å². The zero-order chi connectivity index (χ0) is 15.4. The molecule has 0 aromatic carbocycles. The topological polar surface area (TPSA) is 79.6 Å². The summed E-state index contributed by atoms with van der Waals surface area (Å²) in [7, 11) is 0. The number of H-pyrrole nitrogens is 1. The molecule has 0 spiro atoms. The van der Waals surface area contributed by atoms with Gasteiger partial charge in [0, 0.05) is 23.9 Å². The monoisotopic (exact) mass is 307 g/mol. The van der Waals surface area contributed by atoms with E-state index in [1.165, 1.54) is 6.08 Å². The van der Waals surface area contributed by atoms with Crippen LogP contribution in [-0.2, 0) is 4.74 Å². The number of rotatable bonds is 6. The summed E-state index contributed by atoms with van der Waals surface area (Å²) in [5, 5.41) is 11.5. The molecule has 21 heavy (non-hydrogen) atoms. The Balaban J connectivity index is 2.29. The summed E-state index contributed by atoms with van der Waals surface area (Å²) in [6.07, 6.45) is 6.87. The second-order valence-electron chi connectivity index (χ2n) is 4.74. The van der Waals surface area contributed by atoms with Crippen molar-refractivity contribution in [3.63, 3.8) is 0 Å². The van der Waals surface area contributed by atoms with Gasteiger partial charge in [0.05, 0.1) is 24.7 Å². The SMILES string of the molecule is CCO/C(=C/C(=N)Cl)c1ncc(-c2cnn(C(C)C)c2)[nH]1. The number of ether oxygens (including phenoxy) is 1. The van der Waals surface area contributed by atoms with Crippen LogP contribution in [0.1, 0.15) is 32.6 Å². The number of imidazole rings is 1. The molecule has 2 N–H and O–H groups in total. The third-order valence-electron chi connectivity index (χ3n) is 2.81. The predicted molar refractivity (Wildman–Crippen MR) is 83.4 cm³/mol. The van der Waals surface area contributed by atoms with Crippen LogP contribution in [0, 0.1) is 5.41 Å². The van der Waals surface area contributed by atoms with E-state index in [1.54, 1.807) is 12.4 Å². The molecule has 0 aliphatic heterocycles. The van der Waals surface area contributed by atoms with E-state index in [0.29, 0.717) is 24.2 Å². The van der Waals surface area contributed by atoms with Gasteiger partial charge in [0.2, 0.25) is 0 Å². The summed E-state index contributed by atoms with van der Waals surface area (Å²) >= 11 is 5.59. The number of hydrogen-bond donors (Lipinski definition) is 2. The lowest BCUT2D eigenvalue weighted by Crippen LogP contribution is -1.99. The van der Waals surface area contributed by atoms with Crippen LogP contribution in [0.25, 0.3) is 17.0 Å². The number of nitrogens with one attached hydrogen (secondary N) is 2. The molecule has 0 fully saturated rings. The minimum absolute atomic E-state index is 0.107. The summed E-state index contributed by atoms with van der Waals surface area (Å²) < 4.78 is 7.33. The lowest BCUT2D eigenvalue weighted by Gasteiger charge is -2.04. The third-order valence-corrected chi connectivity index (χ3v) is 2.92. The maximum Gasteiger partial charge on any atom is 0.173 e. The Hall–Kier alpha value is -2.08. The number of aromatic amines is 1. The van der Waals surface area contributed by atoms with Gasteiger partial charge in [0.25, 0.3) is 0 Å². The quantitative estimate of drug-likeness (QED) is 0.633. The minimum atomic E-state index is -0.107. The van der Waals surface area contributed by atoms with Gasteiger partial charge in [-0.05, 0) is 20.8 Å². The van der Waals surface area contributed by atoms with Gasteiger partial charge in [-0.1, -0.05) is 11.6 Å². The van der Waals surface area contributed by atoms with Gasteiger partial charge in [0.15, 0.2) is 11.6 Å². The number of hydrogen-bond acceptors (Lipinski definition) is 4. The van der Waals surface area contributed by atoms with E-state index in [4.69, 9.17) is 21.7 Å². The molecule has 0 unspecified atom stereocenters. The van der Waals surface area contributed by atoms with Crippen LogP contribution in [0.5, 0.6) is 0 Å². The van der Waals surface area contributed by atoms with Crippen molar-refractivity contribution < 1.29 is 4.74 Å². The molecule has 2 aromatic rings. The number of allylic oxidation sites excluding steroid dienone is 1. The molecule has 0 amide bonds. The van der Waals surface area contributed by atoms with Crippen molar-refractivity contribution >= 4 is 22.5 Å². The van der Waals surface area contributed by atoms with Gasteiger partial charge in [-0.2, -0.15) is 5.10 Å². The lowest BCUT2D eigenvalue weighted by atomic mass is 10.3. The van der Waals surface area contributed by atoms with Crippen LogP contribution >= 0.6 is 11.6 Å². The van der Waals surface area contributed by atoms with Crippen LogP contribution in [-0.4, -0.2) is 31.5 Å². The van der Waals surface area contributed by atoms with Crippen molar-refractivity contribution in [3.8, 4) is 11.3 Å². The van der Waals surface area contributed by atoms with E-state index in [0.717, 1.165) is 11.3 Å². The predicted octanol–water partition coefficient (Wildman–Crippen LogP) is 3.45. The van der Waals surface area contributed by atoms with E-state index >= 15 is 0 Å². The Morgan fingerprint density at radius 2 is 2.29 bits per heavy atom. The first-order chi connectivity index (χ1) is 10.0. The number of nitrogens with zero attached hydrogens (tertiary/aromatic N) is 3. The van der Waals surface area contributed by atoms with Crippen LogP contribution in [0.15, 0.2) is 24.7 Å². The standard InChI is InChI=1S/C14H18ClN5O/c1-4-21-12(5-13(15)16)14-17-7-11(19-14)10-6-18-20(8-10)9(2)3/h5-9,16H,4H2,1-3H3,(H,17,19)/b12-5+,16-13?. The normalized spacial score (nSPS) is 12.0. The fourth-order valence-electron chi connectivity index (χ4n) is 1.80. The molecular weight excluding hydrogens is 290 g/mol. The van der Waals surface area contributed by atoms with Crippen molar-refractivity contribution in [3.05, 3.63) is 30.5 Å². The molecule has 0 saturated heterocycles. The second kappa shape index (κ2) is 6.58. The molecular formula is C14H18ClN5O. The summed E-state index contributed by atoms with van der Waals surface area (Å²) in [6, 6.07) is 0.303. The van der Waals surface area contributed by atoms with Crippen LogP contribution < -0.4 is 0 Å². The summed E-state index contributed by atoms with van der Waals surface area (Å²) in [6.45, 7) is 6.47.